The zero-order valence-electron chi connectivity index (χ0n) is 13.1. The van der Waals surface area contributed by atoms with Crippen molar-refractivity contribution in [2.24, 2.45) is 0 Å². The minimum atomic E-state index is 0.260. The monoisotopic (exact) mass is 265 g/mol. The topological polar surface area (TPSA) is 38.2 Å². The molecule has 2 heterocycles. The number of ether oxygens (including phenoxy) is 1. The van der Waals surface area contributed by atoms with E-state index in [0.717, 1.165) is 24.7 Å². The van der Waals surface area contributed by atoms with Crippen molar-refractivity contribution >= 4 is 5.82 Å². The molecule has 0 saturated carbocycles. The Bertz CT molecular complexity index is 371. The van der Waals surface area contributed by atoms with Gasteiger partial charge in [-0.05, 0) is 19.9 Å². The van der Waals surface area contributed by atoms with Crippen molar-refractivity contribution in [3.05, 3.63) is 18.1 Å². The predicted molar refractivity (Wildman–Crippen MR) is 79.7 cm³/mol. The molecule has 4 heteroatoms. The number of hydrogen-bond donors (Lipinski definition) is 0. The number of hydrogen-bond acceptors (Lipinski definition) is 4. The maximum absolute atomic E-state index is 5.73. The Morgan fingerprint density at radius 3 is 2.32 bits per heavy atom. The first-order valence-corrected chi connectivity index (χ1v) is 7.29. The summed E-state index contributed by atoms with van der Waals surface area (Å²) in [5.41, 5.74) is 0. The fourth-order valence-electron chi connectivity index (χ4n) is 2.18. The van der Waals surface area contributed by atoms with Gasteiger partial charge in [0.15, 0.2) is 0 Å². The summed E-state index contributed by atoms with van der Waals surface area (Å²) in [6.45, 7) is 14.2. The highest BCUT2D eigenvalue weighted by molar-refractivity contribution is 5.38. The van der Waals surface area contributed by atoms with Crippen LogP contribution in [0.25, 0.3) is 0 Å². The Morgan fingerprint density at radius 2 is 1.79 bits per heavy atom. The molecule has 1 aromatic heterocycles. The summed E-state index contributed by atoms with van der Waals surface area (Å²) in [6, 6.07) is 1.98. The molecule has 2 atom stereocenters. The van der Waals surface area contributed by atoms with Crippen molar-refractivity contribution in [3.63, 3.8) is 0 Å². The van der Waals surface area contributed by atoms with Crippen molar-refractivity contribution in [2.45, 2.75) is 59.7 Å². The summed E-state index contributed by atoms with van der Waals surface area (Å²) >= 11 is 0. The summed E-state index contributed by atoms with van der Waals surface area (Å²) < 4.78 is 5.73. The van der Waals surface area contributed by atoms with Crippen molar-refractivity contribution in [3.8, 4) is 0 Å². The Kier molecular flexibility index (Phi) is 6.22. The quantitative estimate of drug-likeness (QED) is 0.823. The first-order chi connectivity index (χ1) is 9.06. The fraction of sp³-hybridized carbons (Fsp3) is 0.733. The molecule has 0 N–H and O–H groups in total. The van der Waals surface area contributed by atoms with Gasteiger partial charge in [-0.15, -0.1) is 0 Å². The van der Waals surface area contributed by atoms with E-state index >= 15 is 0 Å². The Hall–Kier alpha value is -1.16. The van der Waals surface area contributed by atoms with Crippen LogP contribution in [0.3, 0.4) is 0 Å². The average molecular weight is 265 g/mol. The highest BCUT2D eigenvalue weighted by atomic mass is 16.5. The van der Waals surface area contributed by atoms with Gasteiger partial charge in [0.25, 0.3) is 0 Å². The number of morpholine rings is 1. The highest BCUT2D eigenvalue weighted by Crippen LogP contribution is 2.19. The van der Waals surface area contributed by atoms with Gasteiger partial charge < -0.3 is 9.64 Å². The lowest BCUT2D eigenvalue weighted by Crippen LogP contribution is -2.45. The molecule has 2 unspecified atom stereocenters. The summed E-state index contributed by atoms with van der Waals surface area (Å²) in [5, 5.41) is 0. The molecular formula is C15H27N3O. The highest BCUT2D eigenvalue weighted by Gasteiger charge is 2.23. The van der Waals surface area contributed by atoms with E-state index in [2.05, 4.69) is 42.6 Å². The molecule has 1 aliphatic heterocycles. The van der Waals surface area contributed by atoms with Crippen molar-refractivity contribution in [1.82, 2.24) is 9.97 Å². The normalized spacial score (nSPS) is 23.0. The molecule has 1 aliphatic rings. The van der Waals surface area contributed by atoms with E-state index in [1.807, 2.05) is 26.1 Å². The smallest absolute Gasteiger partial charge is 0.133 e. The minimum Gasteiger partial charge on any atom is -0.372 e. The van der Waals surface area contributed by atoms with Gasteiger partial charge in [-0.25, -0.2) is 9.97 Å². The van der Waals surface area contributed by atoms with Crippen LogP contribution in [0.5, 0.6) is 0 Å². The lowest BCUT2D eigenvalue weighted by atomic mass is 10.2. The molecule has 0 aromatic carbocycles. The van der Waals surface area contributed by atoms with E-state index in [9.17, 15) is 0 Å². The second-order valence-corrected chi connectivity index (χ2v) is 5.09. The molecule has 1 fully saturated rings. The van der Waals surface area contributed by atoms with Crippen molar-refractivity contribution in [2.75, 3.05) is 18.0 Å². The maximum atomic E-state index is 5.73. The lowest BCUT2D eigenvalue weighted by molar-refractivity contribution is -0.00548. The summed E-state index contributed by atoms with van der Waals surface area (Å²) in [6.07, 6.45) is 2.37. The van der Waals surface area contributed by atoms with Crippen LogP contribution in [0.15, 0.2) is 12.3 Å². The molecule has 0 amide bonds. The third-order valence-electron chi connectivity index (χ3n) is 2.92. The van der Waals surface area contributed by atoms with Gasteiger partial charge in [-0.3, -0.25) is 0 Å². The summed E-state index contributed by atoms with van der Waals surface area (Å²) in [4.78, 5) is 11.2. The molecule has 0 spiro atoms. The molecule has 4 nitrogen and oxygen atoms in total. The molecule has 19 heavy (non-hydrogen) atoms. The summed E-state index contributed by atoms with van der Waals surface area (Å²) in [5.74, 6) is 2.30. The Balaban J connectivity index is 0.000000861. The molecule has 0 radical (unpaired) electrons. The van der Waals surface area contributed by atoms with E-state index in [0.29, 0.717) is 5.92 Å². The molecule has 1 saturated heterocycles. The van der Waals surface area contributed by atoms with Gasteiger partial charge in [0.2, 0.25) is 0 Å². The maximum Gasteiger partial charge on any atom is 0.133 e. The van der Waals surface area contributed by atoms with E-state index < -0.39 is 0 Å². The van der Waals surface area contributed by atoms with Crippen LogP contribution < -0.4 is 4.90 Å². The predicted octanol–water partition coefficient (Wildman–Crippen LogP) is 3.24. The van der Waals surface area contributed by atoms with Crippen LogP contribution in [-0.2, 0) is 4.74 Å². The number of anilines is 1. The molecular weight excluding hydrogens is 238 g/mol. The first kappa shape index (κ1) is 15.9. The van der Waals surface area contributed by atoms with Gasteiger partial charge in [-0.2, -0.15) is 0 Å². The van der Waals surface area contributed by atoms with Gasteiger partial charge in [-0.1, -0.05) is 27.7 Å². The number of nitrogens with zero attached hydrogens (tertiary/aromatic N) is 3. The van der Waals surface area contributed by atoms with Crippen LogP contribution in [0, 0.1) is 0 Å². The van der Waals surface area contributed by atoms with E-state index in [4.69, 9.17) is 4.74 Å². The van der Waals surface area contributed by atoms with Gasteiger partial charge >= 0.3 is 0 Å². The largest absolute Gasteiger partial charge is 0.372 e. The Labute approximate surface area is 117 Å². The van der Waals surface area contributed by atoms with Crippen LogP contribution in [0.4, 0.5) is 5.82 Å². The van der Waals surface area contributed by atoms with Crippen LogP contribution in [0.2, 0.25) is 0 Å². The van der Waals surface area contributed by atoms with Crippen LogP contribution in [0.1, 0.15) is 53.3 Å². The summed E-state index contributed by atoms with van der Waals surface area (Å²) in [7, 11) is 0. The zero-order chi connectivity index (χ0) is 14.4. The third-order valence-corrected chi connectivity index (χ3v) is 2.92. The standard InChI is InChI=1S/C13H21N3O.C2H6/c1-9(2)13-14-6-5-12(15-13)16-7-10(3)17-11(4)8-16;1-2/h5-6,9-11H,7-8H2,1-4H3;1-2H3. The second kappa shape index (κ2) is 7.43. The Morgan fingerprint density at radius 1 is 1.21 bits per heavy atom. The van der Waals surface area contributed by atoms with E-state index in [1.165, 1.54) is 0 Å². The molecule has 0 bridgehead atoms. The molecule has 108 valence electrons. The van der Waals surface area contributed by atoms with E-state index in [1.54, 1.807) is 0 Å². The first-order valence-electron chi connectivity index (χ1n) is 7.29. The lowest BCUT2D eigenvalue weighted by Gasteiger charge is -2.36. The SMILES string of the molecule is CC.CC1CN(c2ccnc(C(C)C)n2)CC(C)O1. The molecule has 0 aliphatic carbocycles. The van der Waals surface area contributed by atoms with E-state index in [-0.39, 0.29) is 12.2 Å². The zero-order valence-corrected chi connectivity index (χ0v) is 13.1. The number of aromatic nitrogens is 2. The minimum absolute atomic E-state index is 0.260. The molecule has 2 rings (SSSR count). The van der Waals surface area contributed by atoms with Crippen molar-refractivity contribution in [1.29, 1.82) is 0 Å². The second-order valence-electron chi connectivity index (χ2n) is 5.09. The van der Waals surface area contributed by atoms with Gasteiger partial charge in [0.05, 0.1) is 12.2 Å². The average Bonchev–Trinajstić information content (AvgIpc) is 2.40. The third kappa shape index (κ3) is 4.46. The van der Waals surface area contributed by atoms with Crippen LogP contribution >= 0.6 is 0 Å². The van der Waals surface area contributed by atoms with Gasteiger partial charge in [0, 0.05) is 25.2 Å². The van der Waals surface area contributed by atoms with Crippen molar-refractivity contribution < 1.29 is 4.74 Å². The molecule has 1 aromatic rings. The number of rotatable bonds is 2. The van der Waals surface area contributed by atoms with Gasteiger partial charge in [0.1, 0.15) is 11.6 Å². The fourth-order valence-corrected chi connectivity index (χ4v) is 2.18. The van der Waals surface area contributed by atoms with Crippen LogP contribution in [-0.4, -0.2) is 35.3 Å².